The van der Waals surface area contributed by atoms with Crippen molar-refractivity contribution in [3.05, 3.63) is 47.3 Å². The summed E-state index contributed by atoms with van der Waals surface area (Å²) in [6, 6.07) is 9.68. The van der Waals surface area contributed by atoms with Crippen LogP contribution in [0.25, 0.3) is 16.7 Å². The van der Waals surface area contributed by atoms with Gasteiger partial charge in [0.2, 0.25) is 0 Å². The van der Waals surface area contributed by atoms with Gasteiger partial charge < -0.3 is 9.64 Å². The van der Waals surface area contributed by atoms with E-state index in [9.17, 15) is 4.79 Å². The molecule has 1 aliphatic rings. The topological polar surface area (TPSA) is 60.2 Å². The van der Waals surface area contributed by atoms with E-state index < -0.39 is 0 Å². The molecule has 1 atom stereocenters. The largest absolute Gasteiger partial charge is 0.497 e. The number of carbonyl (C=O) groups excluding carboxylic acids is 1. The molecule has 0 spiro atoms. The third-order valence-electron chi connectivity index (χ3n) is 5.72. The Kier molecular flexibility index (Phi) is 5.26. The summed E-state index contributed by atoms with van der Waals surface area (Å²) >= 11 is 0. The number of fused-ring (bicyclic) bond motifs is 1. The molecule has 0 saturated carbocycles. The summed E-state index contributed by atoms with van der Waals surface area (Å²) in [7, 11) is 1.65. The smallest absolute Gasteiger partial charge is 0.254 e. The van der Waals surface area contributed by atoms with Crippen molar-refractivity contribution < 1.29 is 9.53 Å². The standard InChI is InChI=1S/C23H28N4O2/c1-5-17-13-20(23(28)26-12-6-7-15(2)14-26)21-16(3)25-27(22(21)24-17)18-8-10-19(29-4)11-9-18/h8-11,13,15H,5-7,12,14H2,1-4H3/t15-/m0/s1. The maximum Gasteiger partial charge on any atom is 0.254 e. The van der Waals surface area contributed by atoms with Gasteiger partial charge in [-0.2, -0.15) is 5.10 Å². The number of methoxy groups -OCH3 is 1. The summed E-state index contributed by atoms with van der Waals surface area (Å²) in [5.41, 5.74) is 4.08. The highest BCUT2D eigenvalue weighted by Gasteiger charge is 2.26. The third kappa shape index (κ3) is 3.59. The maximum atomic E-state index is 13.5. The fourth-order valence-corrected chi connectivity index (χ4v) is 4.14. The van der Waals surface area contributed by atoms with Gasteiger partial charge in [-0.25, -0.2) is 9.67 Å². The lowest BCUT2D eigenvalue weighted by molar-refractivity contribution is 0.0685. The molecule has 0 radical (unpaired) electrons. The van der Waals surface area contributed by atoms with Crippen molar-refractivity contribution in [3.8, 4) is 11.4 Å². The minimum Gasteiger partial charge on any atom is -0.497 e. The highest BCUT2D eigenvalue weighted by Crippen LogP contribution is 2.28. The fraction of sp³-hybridized carbons (Fsp3) is 0.435. The van der Waals surface area contributed by atoms with Crippen molar-refractivity contribution in [2.75, 3.05) is 20.2 Å². The zero-order chi connectivity index (χ0) is 20.5. The molecular formula is C23H28N4O2. The van der Waals surface area contributed by atoms with Crippen molar-refractivity contribution >= 4 is 16.9 Å². The zero-order valence-electron chi connectivity index (χ0n) is 17.6. The molecule has 1 aromatic carbocycles. The number of hydrogen-bond donors (Lipinski definition) is 0. The quantitative estimate of drug-likeness (QED) is 0.669. The summed E-state index contributed by atoms with van der Waals surface area (Å²) in [4.78, 5) is 20.3. The Bertz CT molecular complexity index is 1040. The molecule has 0 unspecified atom stereocenters. The second-order valence-electron chi connectivity index (χ2n) is 7.91. The summed E-state index contributed by atoms with van der Waals surface area (Å²) in [5.74, 6) is 1.43. The van der Waals surface area contributed by atoms with Crippen LogP contribution in [0, 0.1) is 12.8 Å². The van der Waals surface area contributed by atoms with Crippen LogP contribution in [0.2, 0.25) is 0 Å². The molecule has 3 heterocycles. The van der Waals surface area contributed by atoms with E-state index in [2.05, 4.69) is 13.8 Å². The van der Waals surface area contributed by atoms with Gasteiger partial charge in [0.15, 0.2) is 5.65 Å². The number of rotatable bonds is 4. The molecule has 2 aromatic heterocycles. The second kappa shape index (κ2) is 7.85. The van der Waals surface area contributed by atoms with E-state index in [1.165, 1.54) is 6.42 Å². The first-order valence-corrected chi connectivity index (χ1v) is 10.3. The Labute approximate surface area is 171 Å². The summed E-state index contributed by atoms with van der Waals surface area (Å²) in [6.45, 7) is 7.86. The highest BCUT2D eigenvalue weighted by atomic mass is 16.5. The Morgan fingerprint density at radius 2 is 2.03 bits per heavy atom. The van der Waals surface area contributed by atoms with Gasteiger partial charge in [-0.05, 0) is 62.4 Å². The molecule has 1 saturated heterocycles. The van der Waals surface area contributed by atoms with Gasteiger partial charge in [-0.3, -0.25) is 4.79 Å². The fourth-order valence-electron chi connectivity index (χ4n) is 4.14. The van der Waals surface area contributed by atoms with Crippen LogP contribution in [0.4, 0.5) is 0 Å². The molecular weight excluding hydrogens is 364 g/mol. The molecule has 0 bridgehead atoms. The number of likely N-dealkylation sites (tertiary alicyclic amines) is 1. The number of ether oxygens (including phenoxy) is 1. The van der Waals surface area contributed by atoms with E-state index in [1.54, 1.807) is 7.11 Å². The average Bonchev–Trinajstić information content (AvgIpc) is 3.09. The lowest BCUT2D eigenvalue weighted by Crippen LogP contribution is -2.39. The summed E-state index contributed by atoms with van der Waals surface area (Å²) in [5, 5.41) is 5.59. The Morgan fingerprint density at radius 3 is 2.69 bits per heavy atom. The Hall–Kier alpha value is -2.89. The number of nitrogens with zero attached hydrogens (tertiary/aromatic N) is 4. The van der Waals surface area contributed by atoms with E-state index in [0.717, 1.165) is 65.4 Å². The van der Waals surface area contributed by atoms with E-state index in [0.29, 0.717) is 5.92 Å². The predicted octanol–water partition coefficient (Wildman–Crippen LogP) is 4.17. The summed E-state index contributed by atoms with van der Waals surface area (Å²) in [6.07, 6.45) is 3.01. The van der Waals surface area contributed by atoms with Gasteiger partial charge in [0.25, 0.3) is 5.91 Å². The number of carbonyl (C=O) groups is 1. The normalized spacial score (nSPS) is 17.0. The summed E-state index contributed by atoms with van der Waals surface area (Å²) < 4.78 is 7.10. The average molecular weight is 393 g/mol. The SMILES string of the molecule is CCc1cc(C(=O)N2CCC[C@H](C)C2)c2c(C)nn(-c3ccc(OC)cc3)c2n1. The molecule has 6 nitrogen and oxygen atoms in total. The van der Waals surface area contributed by atoms with Crippen LogP contribution in [-0.4, -0.2) is 45.8 Å². The molecule has 1 amide bonds. The van der Waals surface area contributed by atoms with Gasteiger partial charge in [-0.15, -0.1) is 0 Å². The molecule has 0 N–H and O–H groups in total. The van der Waals surface area contributed by atoms with Crippen LogP contribution in [-0.2, 0) is 6.42 Å². The van der Waals surface area contributed by atoms with Gasteiger partial charge in [0.1, 0.15) is 5.75 Å². The predicted molar refractivity (Wildman–Crippen MR) is 114 cm³/mol. The van der Waals surface area contributed by atoms with Crippen molar-refractivity contribution in [1.29, 1.82) is 0 Å². The van der Waals surface area contributed by atoms with Gasteiger partial charge in [0, 0.05) is 18.8 Å². The zero-order valence-corrected chi connectivity index (χ0v) is 17.6. The molecule has 152 valence electrons. The van der Waals surface area contributed by atoms with Gasteiger partial charge in [0.05, 0.1) is 29.4 Å². The molecule has 0 aliphatic carbocycles. The molecule has 1 fully saturated rings. The number of amides is 1. The maximum absolute atomic E-state index is 13.5. The van der Waals surface area contributed by atoms with Gasteiger partial charge in [-0.1, -0.05) is 13.8 Å². The lowest BCUT2D eigenvalue weighted by atomic mass is 9.98. The van der Waals surface area contributed by atoms with Crippen molar-refractivity contribution in [2.24, 2.45) is 5.92 Å². The Balaban J connectivity index is 1.85. The number of hydrogen-bond acceptors (Lipinski definition) is 4. The van der Waals surface area contributed by atoms with Crippen LogP contribution >= 0.6 is 0 Å². The molecule has 6 heteroatoms. The van der Waals surface area contributed by atoms with Crippen LogP contribution < -0.4 is 4.74 Å². The second-order valence-corrected chi connectivity index (χ2v) is 7.91. The van der Waals surface area contributed by atoms with Crippen molar-refractivity contribution in [1.82, 2.24) is 19.7 Å². The van der Waals surface area contributed by atoms with Crippen LogP contribution in [0.1, 0.15) is 48.4 Å². The van der Waals surface area contributed by atoms with E-state index in [1.807, 2.05) is 46.8 Å². The molecule has 1 aliphatic heterocycles. The molecule has 3 aromatic rings. The van der Waals surface area contributed by atoms with Crippen molar-refractivity contribution in [3.63, 3.8) is 0 Å². The monoisotopic (exact) mass is 392 g/mol. The van der Waals surface area contributed by atoms with E-state index in [4.69, 9.17) is 14.8 Å². The van der Waals surface area contributed by atoms with Crippen LogP contribution in [0.15, 0.2) is 30.3 Å². The number of benzene rings is 1. The van der Waals surface area contributed by atoms with Crippen LogP contribution in [0.3, 0.4) is 0 Å². The lowest BCUT2D eigenvalue weighted by Gasteiger charge is -2.31. The minimum absolute atomic E-state index is 0.0935. The number of pyridine rings is 1. The third-order valence-corrected chi connectivity index (χ3v) is 5.72. The number of piperidine rings is 1. The van der Waals surface area contributed by atoms with E-state index >= 15 is 0 Å². The molecule has 29 heavy (non-hydrogen) atoms. The van der Waals surface area contributed by atoms with E-state index in [-0.39, 0.29) is 5.91 Å². The highest BCUT2D eigenvalue weighted by molar-refractivity contribution is 6.06. The molecule has 4 rings (SSSR count). The first-order valence-electron chi connectivity index (χ1n) is 10.3. The minimum atomic E-state index is 0.0935. The van der Waals surface area contributed by atoms with Gasteiger partial charge >= 0.3 is 0 Å². The number of aromatic nitrogens is 3. The van der Waals surface area contributed by atoms with Crippen molar-refractivity contribution in [2.45, 2.75) is 40.0 Å². The number of aryl methyl sites for hydroxylation is 2. The Morgan fingerprint density at radius 1 is 1.28 bits per heavy atom. The first-order chi connectivity index (χ1) is 14.0. The first kappa shape index (κ1) is 19.4. The van der Waals surface area contributed by atoms with Crippen LogP contribution in [0.5, 0.6) is 5.75 Å².